The van der Waals surface area contributed by atoms with Gasteiger partial charge in [-0.25, -0.2) is 9.97 Å². The van der Waals surface area contributed by atoms with Crippen molar-refractivity contribution >= 4 is 34.4 Å². The van der Waals surface area contributed by atoms with E-state index in [1.54, 1.807) is 0 Å². The van der Waals surface area contributed by atoms with E-state index < -0.39 is 0 Å². The van der Waals surface area contributed by atoms with Crippen molar-refractivity contribution in [2.75, 3.05) is 68.9 Å². The van der Waals surface area contributed by atoms with Gasteiger partial charge in [-0.3, -0.25) is 0 Å². The summed E-state index contributed by atoms with van der Waals surface area (Å²) in [7, 11) is 4.18. The highest BCUT2D eigenvalue weighted by Gasteiger charge is 2.47. The van der Waals surface area contributed by atoms with Crippen molar-refractivity contribution in [1.82, 2.24) is 34.7 Å². The van der Waals surface area contributed by atoms with E-state index in [0.717, 1.165) is 74.2 Å². The molecule has 0 atom stereocenters. The van der Waals surface area contributed by atoms with E-state index in [4.69, 9.17) is 19.9 Å². The number of nitrogens with one attached hydrogen (secondary N) is 3. The van der Waals surface area contributed by atoms with Crippen LogP contribution in [0.4, 0.5) is 23.3 Å². The van der Waals surface area contributed by atoms with E-state index >= 15 is 0 Å². The summed E-state index contributed by atoms with van der Waals surface area (Å²) in [6, 6.07) is 4.64. The number of anilines is 4. The van der Waals surface area contributed by atoms with Gasteiger partial charge in [-0.1, -0.05) is 12.8 Å². The third-order valence-electron chi connectivity index (χ3n) is 7.59. The monoisotopic (exact) mass is 476 g/mol. The van der Waals surface area contributed by atoms with Crippen LogP contribution in [0.25, 0.3) is 11.2 Å². The molecule has 10 nitrogen and oxygen atoms in total. The predicted molar refractivity (Wildman–Crippen MR) is 140 cm³/mol. The fourth-order valence-electron chi connectivity index (χ4n) is 5.54. The maximum atomic E-state index is 4.88. The molecule has 3 N–H and O–H groups in total. The smallest absolute Gasteiger partial charge is 0.226 e. The Morgan fingerprint density at radius 1 is 1.11 bits per heavy atom. The third-order valence-corrected chi connectivity index (χ3v) is 7.59. The molecule has 35 heavy (non-hydrogen) atoms. The number of nitrogens with zero attached hydrogens (tertiary/aromatic N) is 7. The van der Waals surface area contributed by atoms with Gasteiger partial charge in [0.1, 0.15) is 5.82 Å². The lowest BCUT2D eigenvalue weighted by Crippen LogP contribution is -2.71. The summed E-state index contributed by atoms with van der Waals surface area (Å²) >= 11 is 0. The van der Waals surface area contributed by atoms with Crippen molar-refractivity contribution in [3.63, 3.8) is 0 Å². The van der Waals surface area contributed by atoms with E-state index in [1.807, 2.05) is 12.5 Å². The number of imidazole rings is 1. The molecule has 3 aromatic rings. The molecule has 2 aliphatic heterocycles. The lowest BCUT2D eigenvalue weighted by Gasteiger charge is -2.56. The molecule has 0 aromatic carbocycles. The van der Waals surface area contributed by atoms with Gasteiger partial charge < -0.3 is 30.3 Å². The van der Waals surface area contributed by atoms with Crippen molar-refractivity contribution in [2.24, 2.45) is 5.41 Å². The van der Waals surface area contributed by atoms with Gasteiger partial charge in [-0.05, 0) is 52.0 Å². The highest BCUT2D eigenvalue weighted by Crippen LogP contribution is 2.37. The van der Waals surface area contributed by atoms with Gasteiger partial charge >= 0.3 is 0 Å². The second-order valence-corrected chi connectivity index (χ2v) is 10.7. The molecule has 1 aliphatic carbocycles. The molecule has 1 saturated carbocycles. The Hall–Kier alpha value is -2.98. The molecule has 0 radical (unpaired) electrons. The molecular formula is C25H36N10. The third kappa shape index (κ3) is 4.52. The largest absolute Gasteiger partial charge is 0.355 e. The van der Waals surface area contributed by atoms with Crippen molar-refractivity contribution < 1.29 is 0 Å². The molecule has 186 valence electrons. The summed E-state index contributed by atoms with van der Waals surface area (Å²) in [5.74, 6) is 2.40. The quantitative estimate of drug-likeness (QED) is 0.403. The number of pyridine rings is 1. The fraction of sp³-hybridized carbons (Fsp3) is 0.600. The van der Waals surface area contributed by atoms with E-state index in [0.29, 0.717) is 17.4 Å². The highest BCUT2D eigenvalue weighted by atomic mass is 15.3. The molecule has 0 bridgehead atoms. The van der Waals surface area contributed by atoms with Gasteiger partial charge in [0.15, 0.2) is 17.0 Å². The molecule has 0 unspecified atom stereocenters. The summed E-state index contributed by atoms with van der Waals surface area (Å²) in [5.41, 5.74) is 3.10. The van der Waals surface area contributed by atoms with Crippen LogP contribution in [0.15, 0.2) is 24.7 Å². The minimum Gasteiger partial charge on any atom is -0.355 e. The Kier molecular flexibility index (Phi) is 5.93. The van der Waals surface area contributed by atoms with E-state index in [2.05, 4.69) is 56.5 Å². The molecule has 3 aromatic heterocycles. The molecule has 5 heterocycles. The Balaban J connectivity index is 1.22. The van der Waals surface area contributed by atoms with E-state index in [-0.39, 0.29) is 0 Å². The second-order valence-electron chi connectivity index (χ2n) is 10.7. The summed E-state index contributed by atoms with van der Waals surface area (Å²) in [6.45, 7) is 6.29. The lowest BCUT2D eigenvalue weighted by molar-refractivity contribution is 0.120. The number of fused-ring (bicyclic) bond motifs is 1. The van der Waals surface area contributed by atoms with Gasteiger partial charge in [-0.2, -0.15) is 9.97 Å². The Bertz CT molecular complexity index is 1150. The molecule has 3 aliphatic rings. The van der Waals surface area contributed by atoms with E-state index in [9.17, 15) is 0 Å². The number of aromatic nitrogens is 5. The van der Waals surface area contributed by atoms with Crippen LogP contribution < -0.4 is 20.9 Å². The number of hydrogen-bond acceptors (Lipinski definition) is 9. The first kappa shape index (κ1) is 22.5. The average molecular weight is 477 g/mol. The number of hydrogen-bond donors (Lipinski definition) is 3. The molecule has 2 saturated heterocycles. The maximum Gasteiger partial charge on any atom is 0.226 e. The molecule has 6 rings (SSSR count). The van der Waals surface area contributed by atoms with Crippen LogP contribution in [0, 0.1) is 5.41 Å². The van der Waals surface area contributed by atoms with Crippen LogP contribution in [0.1, 0.15) is 38.1 Å². The van der Waals surface area contributed by atoms with Gasteiger partial charge in [0.25, 0.3) is 0 Å². The zero-order chi connectivity index (χ0) is 23.8. The van der Waals surface area contributed by atoms with E-state index in [1.165, 1.54) is 25.7 Å². The average Bonchev–Trinajstić information content (AvgIpc) is 3.46. The minimum atomic E-state index is 0.468. The van der Waals surface area contributed by atoms with Crippen LogP contribution in [0.5, 0.6) is 0 Å². The van der Waals surface area contributed by atoms with Crippen molar-refractivity contribution in [1.29, 1.82) is 0 Å². The molecule has 10 heteroatoms. The first-order valence-corrected chi connectivity index (χ1v) is 12.9. The van der Waals surface area contributed by atoms with Crippen molar-refractivity contribution in [3.8, 4) is 0 Å². The SMILES string of the molecule is CN(C)CCCNc1nc(Nc2ccc(N3CC4(CNC4)C3)nc2)c2ncn(C3CCCC3)c2n1. The Morgan fingerprint density at radius 2 is 1.94 bits per heavy atom. The normalized spacial score (nSPS) is 19.3. The van der Waals surface area contributed by atoms with Gasteiger partial charge in [0, 0.05) is 44.2 Å². The van der Waals surface area contributed by atoms with Gasteiger partial charge in [-0.15, -0.1) is 0 Å². The number of rotatable bonds is 9. The van der Waals surface area contributed by atoms with Gasteiger partial charge in [0.05, 0.1) is 18.2 Å². The molecular weight excluding hydrogens is 440 g/mol. The Morgan fingerprint density at radius 3 is 2.63 bits per heavy atom. The van der Waals surface area contributed by atoms with Gasteiger partial charge in [0.2, 0.25) is 5.95 Å². The summed E-state index contributed by atoms with van der Waals surface area (Å²) in [6.07, 6.45) is 9.76. The fourth-order valence-corrected chi connectivity index (χ4v) is 5.54. The van der Waals surface area contributed by atoms with Crippen LogP contribution >= 0.6 is 0 Å². The summed E-state index contributed by atoms with van der Waals surface area (Å²) < 4.78 is 2.25. The van der Waals surface area contributed by atoms with Crippen LogP contribution in [0.2, 0.25) is 0 Å². The molecule has 1 spiro atoms. The van der Waals surface area contributed by atoms with Crippen LogP contribution in [-0.2, 0) is 0 Å². The van der Waals surface area contributed by atoms with Crippen LogP contribution in [0.3, 0.4) is 0 Å². The Labute approximate surface area is 206 Å². The summed E-state index contributed by atoms with van der Waals surface area (Å²) in [5, 5.41) is 10.3. The first-order valence-electron chi connectivity index (χ1n) is 12.9. The first-order chi connectivity index (χ1) is 17.1. The van der Waals surface area contributed by atoms with Crippen molar-refractivity contribution in [2.45, 2.75) is 38.1 Å². The zero-order valence-corrected chi connectivity index (χ0v) is 20.8. The standard InChI is InChI=1S/C25H36N10/c1-33(2)11-5-10-27-24-31-22(21-23(32-24)35(17-29-21)19-6-3-4-7-19)30-18-8-9-20(28-12-18)34-15-25(16-34)13-26-14-25/h8-9,12,17,19,26H,3-7,10-11,13-16H2,1-2H3,(H2,27,30,31,32). The zero-order valence-electron chi connectivity index (χ0n) is 20.8. The molecule has 0 amide bonds. The van der Waals surface area contributed by atoms with Crippen molar-refractivity contribution in [3.05, 3.63) is 24.7 Å². The summed E-state index contributed by atoms with van der Waals surface area (Å²) in [4.78, 5) is 23.7. The second kappa shape index (κ2) is 9.23. The maximum absolute atomic E-state index is 4.88. The topological polar surface area (TPSA) is 99.1 Å². The molecule has 3 fully saturated rings. The lowest BCUT2D eigenvalue weighted by atomic mass is 9.74. The highest BCUT2D eigenvalue weighted by molar-refractivity contribution is 5.86. The van der Waals surface area contributed by atoms with Crippen LogP contribution in [-0.4, -0.2) is 82.8 Å². The minimum absolute atomic E-state index is 0.468. The predicted octanol–water partition coefficient (Wildman–Crippen LogP) is 2.85.